The normalized spacial score (nSPS) is 31.8. The van der Waals surface area contributed by atoms with Crippen molar-refractivity contribution in [1.29, 1.82) is 0 Å². The van der Waals surface area contributed by atoms with Gasteiger partial charge < -0.3 is 9.47 Å². The Morgan fingerprint density at radius 1 is 1.65 bits per heavy atom. The van der Waals surface area contributed by atoms with Gasteiger partial charge in [0.25, 0.3) is 0 Å². The van der Waals surface area contributed by atoms with Crippen molar-refractivity contribution in [3.63, 3.8) is 0 Å². The van der Waals surface area contributed by atoms with E-state index in [1.165, 1.54) is 13.2 Å². The predicted octanol–water partition coefficient (Wildman–Crippen LogP) is 2.00. The SMILES string of the molecule is C=CC[C@@]1(C(=O)OC)C[C@](C)(C(=C)C)OC1=O. The number of methoxy groups -OCH3 is 1. The molecule has 94 valence electrons. The molecule has 0 aromatic carbocycles. The number of carbonyl (C=O) groups excluding carboxylic acids is 2. The highest BCUT2D eigenvalue weighted by Gasteiger charge is 2.59. The molecule has 0 spiro atoms. The Hall–Kier alpha value is -1.58. The van der Waals surface area contributed by atoms with Crippen molar-refractivity contribution in [3.05, 3.63) is 24.8 Å². The zero-order valence-electron chi connectivity index (χ0n) is 10.5. The molecule has 1 fully saturated rings. The number of cyclic esters (lactones) is 1. The Morgan fingerprint density at radius 3 is 2.59 bits per heavy atom. The van der Waals surface area contributed by atoms with Crippen LogP contribution in [0, 0.1) is 5.41 Å². The third-order valence-corrected chi connectivity index (χ3v) is 3.32. The Kier molecular flexibility index (Phi) is 3.45. The van der Waals surface area contributed by atoms with Gasteiger partial charge in [0, 0.05) is 6.42 Å². The highest BCUT2D eigenvalue weighted by molar-refractivity contribution is 6.02. The fraction of sp³-hybridized carbons (Fsp3) is 0.538. The lowest BCUT2D eigenvalue weighted by molar-refractivity contribution is -0.163. The molecule has 1 aliphatic rings. The molecule has 0 amide bonds. The minimum Gasteiger partial charge on any atom is -0.468 e. The molecule has 0 aliphatic carbocycles. The molecule has 0 saturated carbocycles. The fourth-order valence-electron chi connectivity index (χ4n) is 2.06. The van der Waals surface area contributed by atoms with E-state index < -0.39 is 23.0 Å². The molecular formula is C13H18O4. The molecule has 0 bridgehead atoms. The summed E-state index contributed by atoms with van der Waals surface area (Å²) in [6, 6.07) is 0. The lowest BCUT2D eigenvalue weighted by Crippen LogP contribution is -2.37. The standard InChI is InChI=1S/C13H18O4/c1-6-7-13(10(14)16-5)8-12(4,9(2)3)17-11(13)15/h6H,1-2,7-8H2,3-5H3/t12-,13+/m1/s1. The average molecular weight is 238 g/mol. The first-order chi connectivity index (χ1) is 7.82. The summed E-state index contributed by atoms with van der Waals surface area (Å²) in [6.45, 7) is 10.9. The molecule has 0 aromatic rings. The van der Waals surface area contributed by atoms with Gasteiger partial charge in [-0.3, -0.25) is 9.59 Å². The van der Waals surface area contributed by atoms with Crippen LogP contribution >= 0.6 is 0 Å². The van der Waals surface area contributed by atoms with Crippen LogP contribution in [-0.2, 0) is 19.1 Å². The minimum absolute atomic E-state index is 0.210. The van der Waals surface area contributed by atoms with E-state index in [0.29, 0.717) is 5.57 Å². The van der Waals surface area contributed by atoms with Crippen LogP contribution in [0.2, 0.25) is 0 Å². The molecule has 1 heterocycles. The van der Waals surface area contributed by atoms with Gasteiger partial charge in [-0.25, -0.2) is 0 Å². The molecule has 0 aromatic heterocycles. The third kappa shape index (κ3) is 1.99. The zero-order chi connectivity index (χ0) is 13.3. The molecule has 2 atom stereocenters. The largest absolute Gasteiger partial charge is 0.468 e. The third-order valence-electron chi connectivity index (χ3n) is 3.32. The van der Waals surface area contributed by atoms with E-state index in [0.717, 1.165) is 0 Å². The van der Waals surface area contributed by atoms with E-state index >= 15 is 0 Å². The van der Waals surface area contributed by atoms with E-state index in [1.807, 2.05) is 0 Å². The summed E-state index contributed by atoms with van der Waals surface area (Å²) in [7, 11) is 1.26. The van der Waals surface area contributed by atoms with Gasteiger partial charge in [-0.1, -0.05) is 12.7 Å². The lowest BCUT2D eigenvalue weighted by atomic mass is 9.76. The summed E-state index contributed by atoms with van der Waals surface area (Å²) in [4.78, 5) is 23.8. The van der Waals surface area contributed by atoms with E-state index in [1.54, 1.807) is 13.8 Å². The van der Waals surface area contributed by atoms with Gasteiger partial charge in [-0.2, -0.15) is 0 Å². The van der Waals surface area contributed by atoms with Crippen molar-refractivity contribution in [1.82, 2.24) is 0 Å². The number of esters is 2. The molecular weight excluding hydrogens is 220 g/mol. The van der Waals surface area contributed by atoms with Crippen LogP contribution in [0.15, 0.2) is 24.8 Å². The van der Waals surface area contributed by atoms with Crippen molar-refractivity contribution >= 4 is 11.9 Å². The molecule has 0 unspecified atom stereocenters. The Bertz CT molecular complexity index is 385. The number of rotatable bonds is 4. The molecule has 4 nitrogen and oxygen atoms in total. The summed E-state index contributed by atoms with van der Waals surface area (Å²) < 4.78 is 10.0. The Labute approximate surface area is 101 Å². The summed E-state index contributed by atoms with van der Waals surface area (Å²) in [5, 5.41) is 0. The molecule has 1 saturated heterocycles. The monoisotopic (exact) mass is 238 g/mol. The summed E-state index contributed by atoms with van der Waals surface area (Å²) in [5.41, 5.74) is -1.38. The highest BCUT2D eigenvalue weighted by atomic mass is 16.6. The second-order valence-electron chi connectivity index (χ2n) is 4.64. The van der Waals surface area contributed by atoms with Gasteiger partial charge in [0.15, 0.2) is 5.41 Å². The number of ether oxygens (including phenoxy) is 2. The number of allylic oxidation sites excluding steroid dienone is 1. The van der Waals surface area contributed by atoms with E-state index in [-0.39, 0.29) is 12.8 Å². The quantitative estimate of drug-likeness (QED) is 0.427. The van der Waals surface area contributed by atoms with Crippen LogP contribution in [0.3, 0.4) is 0 Å². The highest BCUT2D eigenvalue weighted by Crippen LogP contribution is 2.46. The first kappa shape index (κ1) is 13.5. The smallest absolute Gasteiger partial charge is 0.324 e. The average Bonchev–Trinajstić information content (AvgIpc) is 2.52. The molecule has 4 heteroatoms. The van der Waals surface area contributed by atoms with Gasteiger partial charge >= 0.3 is 11.9 Å². The maximum Gasteiger partial charge on any atom is 0.324 e. The topological polar surface area (TPSA) is 52.6 Å². The number of hydrogen-bond acceptors (Lipinski definition) is 4. The van der Waals surface area contributed by atoms with Crippen molar-refractivity contribution in [2.75, 3.05) is 7.11 Å². The van der Waals surface area contributed by atoms with E-state index in [9.17, 15) is 9.59 Å². The Balaban J connectivity index is 3.17. The lowest BCUT2D eigenvalue weighted by Gasteiger charge is -2.24. The van der Waals surface area contributed by atoms with Crippen LogP contribution in [0.1, 0.15) is 26.7 Å². The first-order valence-electron chi connectivity index (χ1n) is 5.41. The maximum atomic E-state index is 12.0. The summed E-state index contributed by atoms with van der Waals surface area (Å²) in [6.07, 6.45) is 1.98. The van der Waals surface area contributed by atoms with Gasteiger partial charge in [0.05, 0.1) is 7.11 Å². The molecule has 1 aliphatic heterocycles. The second kappa shape index (κ2) is 4.35. The van der Waals surface area contributed by atoms with Crippen molar-refractivity contribution in [2.45, 2.75) is 32.3 Å². The summed E-state index contributed by atoms with van der Waals surface area (Å²) >= 11 is 0. The van der Waals surface area contributed by atoms with Crippen LogP contribution in [0.5, 0.6) is 0 Å². The number of carbonyl (C=O) groups is 2. The van der Waals surface area contributed by atoms with Crippen LogP contribution in [0.25, 0.3) is 0 Å². The van der Waals surface area contributed by atoms with Gasteiger partial charge in [-0.15, -0.1) is 6.58 Å². The van der Waals surface area contributed by atoms with Gasteiger partial charge in [0.2, 0.25) is 0 Å². The van der Waals surface area contributed by atoms with E-state index in [4.69, 9.17) is 9.47 Å². The van der Waals surface area contributed by atoms with Crippen molar-refractivity contribution < 1.29 is 19.1 Å². The first-order valence-corrected chi connectivity index (χ1v) is 5.41. The van der Waals surface area contributed by atoms with Crippen LogP contribution in [0.4, 0.5) is 0 Å². The minimum atomic E-state index is -1.27. The van der Waals surface area contributed by atoms with Gasteiger partial charge in [-0.05, 0) is 25.8 Å². The maximum absolute atomic E-state index is 12.0. The van der Waals surface area contributed by atoms with E-state index in [2.05, 4.69) is 13.2 Å². The molecule has 17 heavy (non-hydrogen) atoms. The Morgan fingerprint density at radius 2 is 2.24 bits per heavy atom. The van der Waals surface area contributed by atoms with Crippen molar-refractivity contribution in [2.24, 2.45) is 5.41 Å². The molecule has 1 rings (SSSR count). The predicted molar refractivity (Wildman–Crippen MR) is 63.2 cm³/mol. The molecule has 0 N–H and O–H groups in total. The molecule has 0 radical (unpaired) electrons. The van der Waals surface area contributed by atoms with Crippen molar-refractivity contribution in [3.8, 4) is 0 Å². The zero-order valence-corrected chi connectivity index (χ0v) is 10.5. The number of hydrogen-bond donors (Lipinski definition) is 0. The summed E-state index contributed by atoms with van der Waals surface area (Å²) in [5.74, 6) is -1.14. The van der Waals surface area contributed by atoms with Crippen LogP contribution < -0.4 is 0 Å². The second-order valence-corrected chi connectivity index (χ2v) is 4.64. The van der Waals surface area contributed by atoms with Crippen LogP contribution in [-0.4, -0.2) is 24.6 Å². The fourth-order valence-corrected chi connectivity index (χ4v) is 2.06. The van der Waals surface area contributed by atoms with Gasteiger partial charge in [0.1, 0.15) is 5.60 Å².